The van der Waals surface area contributed by atoms with Crippen molar-refractivity contribution in [2.75, 3.05) is 30.2 Å². The van der Waals surface area contributed by atoms with Crippen LogP contribution in [0, 0.1) is 5.92 Å². The van der Waals surface area contributed by atoms with Crippen molar-refractivity contribution in [2.45, 2.75) is 52.1 Å². The predicted molar refractivity (Wildman–Crippen MR) is 109 cm³/mol. The van der Waals surface area contributed by atoms with Gasteiger partial charge in [0.1, 0.15) is 0 Å². The molecule has 0 saturated carbocycles. The third kappa shape index (κ3) is 4.46. The van der Waals surface area contributed by atoms with Crippen LogP contribution in [-0.2, 0) is 16.4 Å². The van der Waals surface area contributed by atoms with E-state index in [1.165, 1.54) is 23.4 Å². The van der Waals surface area contributed by atoms with Crippen molar-refractivity contribution in [1.29, 1.82) is 0 Å². The third-order valence-corrected chi connectivity index (χ3v) is 6.99. The Hall–Kier alpha value is -1.60. The molecule has 1 amide bonds. The summed E-state index contributed by atoms with van der Waals surface area (Å²) >= 11 is 0. The standard InChI is InChI=1S/C20H31N3O3S/c1-14-6-5-9-22(13-14)16(3)12-21-20(24)17-7-8-19-18(11-17)10-15(2)23(19)27(4,25)26/h7-8,11,14-16H,5-6,9-10,12-13H2,1-4H3,(H,21,24). The number of nitrogens with one attached hydrogen (secondary N) is 1. The van der Waals surface area contributed by atoms with Crippen molar-refractivity contribution in [3.8, 4) is 0 Å². The smallest absolute Gasteiger partial charge is 0.251 e. The minimum Gasteiger partial charge on any atom is -0.350 e. The Kier molecular flexibility index (Phi) is 5.82. The first-order valence-corrected chi connectivity index (χ1v) is 11.7. The number of carbonyl (C=O) groups excluding carboxylic acids is 1. The van der Waals surface area contributed by atoms with Gasteiger partial charge in [0.15, 0.2) is 0 Å². The molecule has 0 spiro atoms. The molecule has 0 aromatic heterocycles. The lowest BCUT2D eigenvalue weighted by molar-refractivity contribution is 0.0917. The van der Waals surface area contributed by atoms with Gasteiger partial charge in [-0.05, 0) is 69.3 Å². The number of hydrogen-bond acceptors (Lipinski definition) is 4. The largest absolute Gasteiger partial charge is 0.350 e. The van der Waals surface area contributed by atoms with Gasteiger partial charge in [-0.1, -0.05) is 6.92 Å². The van der Waals surface area contributed by atoms with Crippen LogP contribution in [-0.4, -0.2) is 57.2 Å². The Bertz CT molecular complexity index is 809. The summed E-state index contributed by atoms with van der Waals surface area (Å²) in [5, 5.41) is 3.04. The first-order chi connectivity index (χ1) is 12.7. The number of benzene rings is 1. The summed E-state index contributed by atoms with van der Waals surface area (Å²) in [5.74, 6) is 0.619. The van der Waals surface area contributed by atoms with Gasteiger partial charge in [0.25, 0.3) is 5.91 Å². The van der Waals surface area contributed by atoms with Crippen molar-refractivity contribution in [2.24, 2.45) is 5.92 Å². The van der Waals surface area contributed by atoms with E-state index >= 15 is 0 Å². The number of amides is 1. The summed E-state index contributed by atoms with van der Waals surface area (Å²) in [6.45, 7) is 9.14. The summed E-state index contributed by atoms with van der Waals surface area (Å²) in [7, 11) is -3.31. The number of likely N-dealkylation sites (tertiary alicyclic amines) is 1. The molecule has 1 saturated heterocycles. The van der Waals surface area contributed by atoms with Crippen LogP contribution >= 0.6 is 0 Å². The van der Waals surface area contributed by atoms with E-state index in [0.29, 0.717) is 36.2 Å². The molecule has 1 aromatic carbocycles. The van der Waals surface area contributed by atoms with Gasteiger partial charge in [-0.3, -0.25) is 14.0 Å². The van der Waals surface area contributed by atoms with Crippen LogP contribution in [0.4, 0.5) is 5.69 Å². The molecular formula is C20H31N3O3S. The van der Waals surface area contributed by atoms with Crippen molar-refractivity contribution >= 4 is 21.6 Å². The van der Waals surface area contributed by atoms with Gasteiger partial charge in [0.2, 0.25) is 10.0 Å². The monoisotopic (exact) mass is 393 g/mol. The molecule has 6 nitrogen and oxygen atoms in total. The molecule has 150 valence electrons. The summed E-state index contributed by atoms with van der Waals surface area (Å²) in [6, 6.07) is 5.50. The Labute approximate surface area is 163 Å². The SMILES string of the molecule is CC1CCCN(C(C)CNC(=O)c2ccc3c(c2)CC(C)N3S(C)(=O)=O)C1. The van der Waals surface area contributed by atoms with Gasteiger partial charge < -0.3 is 5.32 Å². The molecular weight excluding hydrogens is 362 g/mol. The number of anilines is 1. The predicted octanol–water partition coefficient (Wildman–Crippen LogP) is 2.25. The fourth-order valence-corrected chi connectivity index (χ4v) is 5.61. The highest BCUT2D eigenvalue weighted by molar-refractivity contribution is 7.92. The number of fused-ring (bicyclic) bond motifs is 1. The summed E-state index contributed by atoms with van der Waals surface area (Å²) in [5.41, 5.74) is 2.20. The molecule has 1 aromatic rings. The Balaban J connectivity index is 1.64. The minimum atomic E-state index is -3.31. The van der Waals surface area contributed by atoms with Crippen LogP contribution in [0.15, 0.2) is 18.2 Å². The van der Waals surface area contributed by atoms with Gasteiger partial charge in [-0.2, -0.15) is 0 Å². The zero-order valence-electron chi connectivity index (χ0n) is 16.7. The highest BCUT2D eigenvalue weighted by Gasteiger charge is 2.32. The first-order valence-electron chi connectivity index (χ1n) is 9.81. The van der Waals surface area contributed by atoms with Crippen LogP contribution in [0.3, 0.4) is 0 Å². The van der Waals surface area contributed by atoms with E-state index in [9.17, 15) is 13.2 Å². The van der Waals surface area contributed by atoms with Gasteiger partial charge >= 0.3 is 0 Å². The van der Waals surface area contributed by atoms with Crippen LogP contribution < -0.4 is 9.62 Å². The minimum absolute atomic E-state index is 0.0971. The van der Waals surface area contributed by atoms with E-state index in [-0.39, 0.29) is 11.9 Å². The van der Waals surface area contributed by atoms with Crippen LogP contribution in [0.25, 0.3) is 0 Å². The lowest BCUT2D eigenvalue weighted by Crippen LogP contribution is -2.46. The normalized spacial score (nSPS) is 24.5. The second kappa shape index (κ2) is 7.80. The zero-order valence-corrected chi connectivity index (χ0v) is 17.6. The molecule has 2 aliphatic rings. The van der Waals surface area contributed by atoms with Crippen LogP contribution in [0.1, 0.15) is 49.5 Å². The molecule has 2 heterocycles. The Morgan fingerprint density at radius 2 is 2.07 bits per heavy atom. The van der Waals surface area contributed by atoms with Crippen LogP contribution in [0.2, 0.25) is 0 Å². The van der Waals surface area contributed by atoms with Gasteiger partial charge in [-0.15, -0.1) is 0 Å². The molecule has 3 rings (SSSR count). The van der Waals surface area contributed by atoms with Crippen molar-refractivity contribution in [3.63, 3.8) is 0 Å². The maximum atomic E-state index is 12.6. The number of nitrogens with zero attached hydrogens (tertiary/aromatic N) is 2. The van der Waals surface area contributed by atoms with Gasteiger partial charge in [0.05, 0.1) is 11.9 Å². The van der Waals surface area contributed by atoms with Crippen LogP contribution in [0.5, 0.6) is 0 Å². The molecule has 1 fully saturated rings. The van der Waals surface area contributed by atoms with Gasteiger partial charge in [-0.25, -0.2) is 8.42 Å². The molecule has 0 bridgehead atoms. The maximum Gasteiger partial charge on any atom is 0.251 e. The average Bonchev–Trinajstić information content (AvgIpc) is 2.94. The average molecular weight is 394 g/mol. The summed E-state index contributed by atoms with van der Waals surface area (Å²) in [6.07, 6.45) is 4.36. The second-order valence-corrected chi connectivity index (χ2v) is 10.1. The van der Waals surface area contributed by atoms with Crippen molar-refractivity contribution in [3.05, 3.63) is 29.3 Å². The summed E-state index contributed by atoms with van der Waals surface area (Å²) < 4.78 is 25.5. The molecule has 0 aliphatic carbocycles. The zero-order chi connectivity index (χ0) is 19.8. The molecule has 0 radical (unpaired) electrons. The molecule has 7 heteroatoms. The highest BCUT2D eigenvalue weighted by Crippen LogP contribution is 2.34. The Morgan fingerprint density at radius 3 is 2.74 bits per heavy atom. The number of carbonyl (C=O) groups is 1. The second-order valence-electron chi connectivity index (χ2n) is 8.26. The lowest BCUT2D eigenvalue weighted by Gasteiger charge is -2.35. The van der Waals surface area contributed by atoms with E-state index < -0.39 is 10.0 Å². The lowest BCUT2D eigenvalue weighted by atomic mass is 9.99. The van der Waals surface area contributed by atoms with E-state index in [0.717, 1.165) is 18.7 Å². The van der Waals surface area contributed by atoms with E-state index in [1.807, 2.05) is 13.0 Å². The summed E-state index contributed by atoms with van der Waals surface area (Å²) in [4.78, 5) is 15.0. The fourth-order valence-electron chi connectivity index (χ4n) is 4.35. The molecule has 3 unspecified atom stereocenters. The van der Waals surface area contributed by atoms with Crippen molar-refractivity contribution in [1.82, 2.24) is 10.2 Å². The third-order valence-electron chi connectivity index (χ3n) is 5.72. The highest BCUT2D eigenvalue weighted by atomic mass is 32.2. The topological polar surface area (TPSA) is 69.7 Å². The van der Waals surface area contributed by atoms with E-state index in [4.69, 9.17) is 0 Å². The van der Waals surface area contributed by atoms with Gasteiger partial charge in [0, 0.05) is 30.7 Å². The molecule has 27 heavy (non-hydrogen) atoms. The Morgan fingerprint density at radius 1 is 1.33 bits per heavy atom. The molecule has 2 aliphatic heterocycles. The maximum absolute atomic E-state index is 12.6. The number of piperidine rings is 1. The quantitative estimate of drug-likeness (QED) is 0.833. The number of rotatable bonds is 5. The number of sulfonamides is 1. The van der Waals surface area contributed by atoms with Crippen molar-refractivity contribution < 1.29 is 13.2 Å². The molecule has 1 N–H and O–H groups in total. The van der Waals surface area contributed by atoms with E-state index in [2.05, 4.69) is 24.1 Å². The molecule has 3 atom stereocenters. The van der Waals surface area contributed by atoms with E-state index in [1.54, 1.807) is 12.1 Å². The number of hydrogen-bond donors (Lipinski definition) is 1. The fraction of sp³-hybridized carbons (Fsp3) is 0.650. The first kappa shape index (κ1) is 20.1.